The Balaban J connectivity index is 1.31. The summed E-state index contributed by atoms with van der Waals surface area (Å²) in [5.74, 6) is -0.487. The van der Waals surface area contributed by atoms with E-state index in [0.29, 0.717) is 6.54 Å². The van der Waals surface area contributed by atoms with Gasteiger partial charge in [0.2, 0.25) is 11.6 Å². The molecule has 1 aliphatic carbocycles. The summed E-state index contributed by atoms with van der Waals surface area (Å²) < 4.78 is 41.1. The van der Waals surface area contributed by atoms with Crippen LogP contribution in [-0.4, -0.2) is 70.6 Å². The number of halogens is 3. The lowest BCUT2D eigenvalue weighted by Crippen LogP contribution is -2.51. The van der Waals surface area contributed by atoms with E-state index in [2.05, 4.69) is 20.1 Å². The first-order valence-corrected chi connectivity index (χ1v) is 12.6. The van der Waals surface area contributed by atoms with Gasteiger partial charge in [-0.05, 0) is 44.9 Å². The molecule has 0 bridgehead atoms. The number of fused-ring (bicyclic) bond motifs is 1. The Kier molecular flexibility index (Phi) is 8.11. The summed E-state index contributed by atoms with van der Waals surface area (Å²) in [6.45, 7) is 6.87. The first-order valence-electron chi connectivity index (χ1n) is 12.6. The van der Waals surface area contributed by atoms with Gasteiger partial charge >= 0.3 is 6.18 Å². The highest BCUT2D eigenvalue weighted by Gasteiger charge is 2.38. The molecule has 2 fully saturated rings. The van der Waals surface area contributed by atoms with Crippen LogP contribution < -0.4 is 10.9 Å². The van der Waals surface area contributed by atoms with Gasteiger partial charge in [0.15, 0.2) is 0 Å². The van der Waals surface area contributed by atoms with Crippen molar-refractivity contribution in [3.8, 4) is 0 Å². The average Bonchev–Trinajstić information content (AvgIpc) is 2.86. The summed E-state index contributed by atoms with van der Waals surface area (Å²) in [5.41, 5.74) is -2.60. The number of nitrogens with one attached hydrogen (secondary N) is 1. The Morgan fingerprint density at radius 2 is 1.80 bits per heavy atom. The van der Waals surface area contributed by atoms with Crippen LogP contribution in [0.5, 0.6) is 0 Å². The van der Waals surface area contributed by atoms with Gasteiger partial charge in [-0.25, -0.2) is 4.98 Å². The molecule has 2 aromatic rings. The van der Waals surface area contributed by atoms with Crippen molar-refractivity contribution in [1.82, 2.24) is 24.7 Å². The van der Waals surface area contributed by atoms with Crippen LogP contribution in [0.4, 0.5) is 13.2 Å². The normalized spacial score (nSPS) is 19.7. The average molecular weight is 494 g/mol. The lowest BCUT2D eigenvalue weighted by atomic mass is 9.94. The molecule has 10 heteroatoms. The van der Waals surface area contributed by atoms with Crippen molar-refractivity contribution in [3.05, 3.63) is 40.3 Å². The Morgan fingerprint density at radius 1 is 1.11 bits per heavy atom. The molecular weight excluding hydrogens is 459 g/mol. The van der Waals surface area contributed by atoms with Crippen molar-refractivity contribution >= 4 is 16.9 Å². The minimum atomic E-state index is -4.90. The standard InChI is InChI=1S/C25H34F3N5O2/c1-18(33-21-11-6-5-10-20(21)30-22(24(33)35)25(26,27)28)23(34)29-12-7-13-31-14-16-32(17-15-31)19-8-3-2-4-9-19/h5-6,10-11,18-19H,2-4,7-9,12-17H2,1H3,(H,29,34). The molecular formula is C25H34F3N5O2. The summed E-state index contributed by atoms with van der Waals surface area (Å²) >= 11 is 0. The van der Waals surface area contributed by atoms with Crippen molar-refractivity contribution in [1.29, 1.82) is 0 Å². The van der Waals surface area contributed by atoms with Crippen LogP contribution in [0.2, 0.25) is 0 Å². The van der Waals surface area contributed by atoms with Crippen molar-refractivity contribution in [2.24, 2.45) is 0 Å². The van der Waals surface area contributed by atoms with Crippen LogP contribution in [0.3, 0.4) is 0 Å². The van der Waals surface area contributed by atoms with Crippen LogP contribution in [-0.2, 0) is 11.0 Å². The van der Waals surface area contributed by atoms with Crippen molar-refractivity contribution < 1.29 is 18.0 Å². The van der Waals surface area contributed by atoms with E-state index in [1.165, 1.54) is 51.2 Å². The summed E-state index contributed by atoms with van der Waals surface area (Å²) in [6.07, 6.45) is 2.48. The van der Waals surface area contributed by atoms with E-state index in [1.807, 2.05) is 0 Å². The summed E-state index contributed by atoms with van der Waals surface area (Å²) in [6, 6.07) is 5.68. The summed E-state index contributed by atoms with van der Waals surface area (Å²) in [5, 5.41) is 2.79. The van der Waals surface area contributed by atoms with Gasteiger partial charge in [0.25, 0.3) is 5.56 Å². The lowest BCUT2D eigenvalue weighted by Gasteiger charge is -2.40. The molecule has 1 unspecified atom stereocenters. The van der Waals surface area contributed by atoms with Gasteiger partial charge in [-0.2, -0.15) is 13.2 Å². The highest BCUT2D eigenvalue weighted by Crippen LogP contribution is 2.27. The second kappa shape index (κ2) is 11.1. The molecule has 35 heavy (non-hydrogen) atoms. The van der Waals surface area contributed by atoms with E-state index in [1.54, 1.807) is 12.1 Å². The number of rotatable bonds is 7. The quantitative estimate of drug-likeness (QED) is 0.599. The van der Waals surface area contributed by atoms with E-state index in [4.69, 9.17) is 0 Å². The zero-order chi connectivity index (χ0) is 25.0. The largest absolute Gasteiger partial charge is 0.438 e. The Hall–Kier alpha value is -2.46. The number of amides is 1. The van der Waals surface area contributed by atoms with Crippen LogP contribution in [0.25, 0.3) is 11.0 Å². The second-order valence-corrected chi connectivity index (χ2v) is 9.61. The molecule has 1 aliphatic heterocycles. The van der Waals surface area contributed by atoms with Gasteiger partial charge in [0.1, 0.15) is 6.04 Å². The zero-order valence-corrected chi connectivity index (χ0v) is 20.2. The first-order chi connectivity index (χ1) is 16.8. The fraction of sp³-hybridized carbons (Fsp3) is 0.640. The molecule has 4 rings (SSSR count). The number of carbonyl (C=O) groups excluding carboxylic acids is 1. The van der Waals surface area contributed by atoms with Gasteiger partial charge in [0, 0.05) is 38.8 Å². The molecule has 7 nitrogen and oxygen atoms in total. The number of benzene rings is 1. The van der Waals surface area contributed by atoms with Gasteiger partial charge in [-0.15, -0.1) is 0 Å². The third-order valence-electron chi connectivity index (χ3n) is 7.28. The number of aromatic nitrogens is 2. The predicted molar refractivity (Wildman–Crippen MR) is 128 cm³/mol. The molecule has 1 aromatic carbocycles. The monoisotopic (exact) mass is 493 g/mol. The Morgan fingerprint density at radius 3 is 2.49 bits per heavy atom. The number of alkyl halides is 3. The van der Waals surface area contributed by atoms with E-state index in [9.17, 15) is 22.8 Å². The van der Waals surface area contributed by atoms with E-state index in [0.717, 1.165) is 49.8 Å². The van der Waals surface area contributed by atoms with Crippen molar-refractivity contribution in [2.75, 3.05) is 39.3 Å². The summed E-state index contributed by atoms with van der Waals surface area (Å²) in [4.78, 5) is 33.9. The molecule has 2 aliphatic rings. The Labute approximate surface area is 203 Å². The second-order valence-electron chi connectivity index (χ2n) is 9.61. The topological polar surface area (TPSA) is 70.5 Å². The molecule has 0 spiro atoms. The smallest absolute Gasteiger partial charge is 0.354 e. The minimum absolute atomic E-state index is 0.0199. The predicted octanol–water partition coefficient (Wildman–Crippen LogP) is 3.43. The lowest BCUT2D eigenvalue weighted by molar-refractivity contribution is -0.142. The SMILES string of the molecule is CC(C(=O)NCCCN1CCN(C2CCCCC2)CC1)n1c(=O)c(C(F)(F)F)nc2ccccc21. The van der Waals surface area contributed by atoms with Crippen LogP contribution >= 0.6 is 0 Å². The van der Waals surface area contributed by atoms with E-state index >= 15 is 0 Å². The van der Waals surface area contributed by atoms with Crippen LogP contribution in [0, 0.1) is 0 Å². The highest BCUT2D eigenvalue weighted by atomic mass is 19.4. The molecule has 1 saturated heterocycles. The number of carbonyl (C=O) groups is 1. The van der Waals surface area contributed by atoms with E-state index < -0.39 is 29.4 Å². The Bertz CT molecular complexity index is 1070. The molecule has 192 valence electrons. The number of hydrogen-bond acceptors (Lipinski definition) is 5. The molecule has 0 radical (unpaired) electrons. The van der Waals surface area contributed by atoms with Crippen LogP contribution in [0.1, 0.15) is 57.2 Å². The number of piperazine rings is 1. The molecule has 2 heterocycles. The van der Waals surface area contributed by atoms with E-state index in [-0.39, 0.29) is 11.0 Å². The minimum Gasteiger partial charge on any atom is -0.354 e. The van der Waals surface area contributed by atoms with Gasteiger partial charge in [0.05, 0.1) is 11.0 Å². The fourth-order valence-corrected chi connectivity index (χ4v) is 5.30. The zero-order valence-electron chi connectivity index (χ0n) is 20.2. The molecule has 1 atom stereocenters. The van der Waals surface area contributed by atoms with Gasteiger partial charge < -0.3 is 10.2 Å². The molecule has 1 N–H and O–H groups in total. The summed E-state index contributed by atoms with van der Waals surface area (Å²) in [7, 11) is 0. The fourth-order valence-electron chi connectivity index (χ4n) is 5.30. The van der Waals surface area contributed by atoms with Crippen molar-refractivity contribution in [2.45, 2.75) is 63.7 Å². The number of para-hydroxylation sites is 2. The van der Waals surface area contributed by atoms with Crippen molar-refractivity contribution in [3.63, 3.8) is 0 Å². The van der Waals surface area contributed by atoms with Crippen LogP contribution in [0.15, 0.2) is 29.1 Å². The highest BCUT2D eigenvalue weighted by molar-refractivity contribution is 5.83. The molecule has 1 amide bonds. The molecule has 1 saturated carbocycles. The molecule has 1 aromatic heterocycles. The van der Waals surface area contributed by atoms with Gasteiger partial charge in [-0.3, -0.25) is 19.1 Å². The third-order valence-corrected chi connectivity index (χ3v) is 7.28. The third kappa shape index (κ3) is 6.03. The maximum Gasteiger partial charge on any atom is 0.438 e. The maximum atomic E-state index is 13.4. The maximum absolute atomic E-state index is 13.4. The number of nitrogens with zero attached hydrogens (tertiary/aromatic N) is 4. The number of hydrogen-bond donors (Lipinski definition) is 1. The first kappa shape index (κ1) is 25.6. The van der Waals surface area contributed by atoms with Gasteiger partial charge in [-0.1, -0.05) is 31.4 Å².